The van der Waals surface area contributed by atoms with Gasteiger partial charge in [-0.25, -0.2) is 4.98 Å². The predicted octanol–water partition coefficient (Wildman–Crippen LogP) is 0.759. The Balaban J connectivity index is 1.96. The molecule has 2 rings (SSSR count). The van der Waals surface area contributed by atoms with E-state index in [4.69, 9.17) is 5.73 Å². The van der Waals surface area contributed by atoms with Gasteiger partial charge in [0.2, 0.25) is 0 Å². The molecule has 6 heteroatoms. The van der Waals surface area contributed by atoms with Crippen molar-refractivity contribution in [2.24, 2.45) is 0 Å². The second-order valence-electron chi connectivity index (χ2n) is 3.99. The summed E-state index contributed by atoms with van der Waals surface area (Å²) in [6.45, 7) is 0. The van der Waals surface area contributed by atoms with Crippen LogP contribution in [0.3, 0.4) is 0 Å². The zero-order valence-corrected chi connectivity index (χ0v) is 9.67. The van der Waals surface area contributed by atoms with E-state index >= 15 is 0 Å². The first kappa shape index (κ1) is 11.3. The van der Waals surface area contributed by atoms with Crippen LogP contribution in [0.25, 0.3) is 0 Å². The maximum Gasteiger partial charge on any atom is 0.263 e. The lowest BCUT2D eigenvalue weighted by atomic mass is 9.92. The van der Waals surface area contributed by atoms with Crippen molar-refractivity contribution < 1.29 is 9.90 Å². The molecule has 1 aliphatic rings. The highest BCUT2D eigenvalue weighted by atomic mass is 32.1. The van der Waals surface area contributed by atoms with Crippen molar-refractivity contribution >= 4 is 22.4 Å². The molecule has 88 valence electrons. The summed E-state index contributed by atoms with van der Waals surface area (Å²) in [5.41, 5.74) is 5.45. The maximum absolute atomic E-state index is 11.8. The van der Waals surface area contributed by atoms with Crippen LogP contribution in [0.15, 0.2) is 6.20 Å². The fourth-order valence-electron chi connectivity index (χ4n) is 1.91. The normalized spacial score (nSPS) is 25.3. The van der Waals surface area contributed by atoms with Crippen LogP contribution in [0.5, 0.6) is 0 Å². The number of aliphatic hydroxyl groups is 1. The third-order valence-electron chi connectivity index (χ3n) is 2.79. The van der Waals surface area contributed by atoms with Crippen LogP contribution >= 0.6 is 11.3 Å². The van der Waals surface area contributed by atoms with E-state index in [1.165, 1.54) is 6.20 Å². The van der Waals surface area contributed by atoms with Gasteiger partial charge >= 0.3 is 0 Å². The van der Waals surface area contributed by atoms with Crippen molar-refractivity contribution in [3.05, 3.63) is 11.1 Å². The van der Waals surface area contributed by atoms with Crippen LogP contribution in [-0.2, 0) is 0 Å². The third kappa shape index (κ3) is 2.51. The predicted molar refractivity (Wildman–Crippen MR) is 62.3 cm³/mol. The van der Waals surface area contributed by atoms with Gasteiger partial charge in [-0.2, -0.15) is 0 Å². The molecule has 0 bridgehead atoms. The first-order valence-corrected chi connectivity index (χ1v) is 6.18. The second-order valence-corrected chi connectivity index (χ2v) is 5.06. The zero-order valence-electron chi connectivity index (χ0n) is 8.85. The van der Waals surface area contributed by atoms with Crippen LogP contribution in [0.4, 0.5) is 5.13 Å². The summed E-state index contributed by atoms with van der Waals surface area (Å²) in [6.07, 6.45) is 4.71. The number of aliphatic hydroxyl groups excluding tert-OH is 1. The molecule has 0 aromatic carbocycles. The molecule has 4 N–H and O–H groups in total. The number of rotatable bonds is 2. The molecule has 2 atom stereocenters. The van der Waals surface area contributed by atoms with E-state index in [-0.39, 0.29) is 11.9 Å². The molecule has 1 aromatic heterocycles. The molecule has 2 unspecified atom stereocenters. The van der Waals surface area contributed by atoms with E-state index in [1.54, 1.807) is 0 Å². The van der Waals surface area contributed by atoms with Gasteiger partial charge < -0.3 is 16.2 Å². The number of hydrogen-bond acceptors (Lipinski definition) is 5. The van der Waals surface area contributed by atoms with Crippen molar-refractivity contribution in [1.29, 1.82) is 0 Å². The Morgan fingerprint density at radius 3 is 2.94 bits per heavy atom. The van der Waals surface area contributed by atoms with Gasteiger partial charge in [0, 0.05) is 0 Å². The molecular weight excluding hydrogens is 226 g/mol. The molecule has 1 fully saturated rings. The Labute approximate surface area is 97.7 Å². The lowest BCUT2D eigenvalue weighted by molar-refractivity contribution is 0.0720. The van der Waals surface area contributed by atoms with Gasteiger partial charge in [-0.3, -0.25) is 4.79 Å². The van der Waals surface area contributed by atoms with Gasteiger partial charge in [0.05, 0.1) is 18.3 Å². The summed E-state index contributed by atoms with van der Waals surface area (Å²) in [5.74, 6) is -0.194. The van der Waals surface area contributed by atoms with Crippen LogP contribution in [0.1, 0.15) is 35.4 Å². The molecule has 5 nitrogen and oxygen atoms in total. The number of nitrogens with one attached hydrogen (secondary N) is 1. The smallest absolute Gasteiger partial charge is 0.263 e. The van der Waals surface area contributed by atoms with E-state index in [2.05, 4.69) is 10.3 Å². The summed E-state index contributed by atoms with van der Waals surface area (Å²) >= 11 is 1.16. The standard InChI is InChI=1S/C10H15N3O2S/c11-10-12-5-8(16-10)9(15)13-6-3-1-2-4-7(6)14/h5-7,14H,1-4H2,(H2,11,12)(H,13,15). The number of anilines is 1. The van der Waals surface area contributed by atoms with Crippen LogP contribution in [-0.4, -0.2) is 28.1 Å². The Morgan fingerprint density at radius 1 is 1.56 bits per heavy atom. The number of nitrogens with two attached hydrogens (primary N) is 1. The molecule has 1 aliphatic carbocycles. The number of amides is 1. The number of nitrogen functional groups attached to an aromatic ring is 1. The summed E-state index contributed by atoms with van der Waals surface area (Å²) in [7, 11) is 0. The Morgan fingerprint density at radius 2 is 2.31 bits per heavy atom. The van der Waals surface area contributed by atoms with E-state index in [1.807, 2.05) is 0 Å². The van der Waals surface area contributed by atoms with Crippen molar-refractivity contribution in [2.75, 3.05) is 5.73 Å². The SMILES string of the molecule is Nc1ncc(C(=O)NC2CCCCC2O)s1. The summed E-state index contributed by atoms with van der Waals surface area (Å²) in [5, 5.41) is 12.9. The maximum atomic E-state index is 11.8. The average molecular weight is 241 g/mol. The van der Waals surface area contributed by atoms with Crippen molar-refractivity contribution in [1.82, 2.24) is 10.3 Å². The quantitative estimate of drug-likeness (QED) is 0.713. The second kappa shape index (κ2) is 4.80. The van der Waals surface area contributed by atoms with Crippen LogP contribution in [0.2, 0.25) is 0 Å². The monoisotopic (exact) mass is 241 g/mol. The number of hydrogen-bond donors (Lipinski definition) is 3. The van der Waals surface area contributed by atoms with E-state index in [0.29, 0.717) is 10.0 Å². The molecular formula is C10H15N3O2S. The summed E-state index contributed by atoms with van der Waals surface area (Å²) < 4.78 is 0. The van der Waals surface area contributed by atoms with Crippen LogP contribution in [0, 0.1) is 0 Å². The molecule has 0 aliphatic heterocycles. The van der Waals surface area contributed by atoms with E-state index in [0.717, 1.165) is 37.0 Å². The number of nitrogens with zero attached hydrogens (tertiary/aromatic N) is 1. The van der Waals surface area contributed by atoms with Gasteiger partial charge in [0.15, 0.2) is 5.13 Å². The van der Waals surface area contributed by atoms with Crippen LogP contribution < -0.4 is 11.1 Å². The molecule has 1 saturated carbocycles. The molecule has 1 aromatic rings. The fraction of sp³-hybridized carbons (Fsp3) is 0.600. The third-order valence-corrected chi connectivity index (χ3v) is 3.62. The minimum absolute atomic E-state index is 0.135. The number of carbonyl (C=O) groups excluding carboxylic acids is 1. The molecule has 1 heterocycles. The largest absolute Gasteiger partial charge is 0.391 e. The van der Waals surface area contributed by atoms with E-state index < -0.39 is 6.10 Å². The minimum atomic E-state index is -0.428. The van der Waals surface area contributed by atoms with Gasteiger partial charge in [-0.1, -0.05) is 24.2 Å². The Hall–Kier alpha value is -1.14. The van der Waals surface area contributed by atoms with Crippen molar-refractivity contribution in [3.8, 4) is 0 Å². The highest BCUT2D eigenvalue weighted by Gasteiger charge is 2.25. The average Bonchev–Trinajstić information content (AvgIpc) is 2.68. The topological polar surface area (TPSA) is 88.2 Å². The first-order chi connectivity index (χ1) is 7.66. The Bertz CT molecular complexity index is 380. The Kier molecular flexibility index (Phi) is 3.40. The summed E-state index contributed by atoms with van der Waals surface area (Å²) in [4.78, 5) is 16.1. The van der Waals surface area contributed by atoms with Gasteiger partial charge in [-0.15, -0.1) is 0 Å². The molecule has 0 saturated heterocycles. The van der Waals surface area contributed by atoms with Gasteiger partial charge in [-0.05, 0) is 12.8 Å². The number of carbonyl (C=O) groups is 1. The highest BCUT2D eigenvalue weighted by Crippen LogP contribution is 2.20. The lowest BCUT2D eigenvalue weighted by Crippen LogP contribution is -2.44. The minimum Gasteiger partial charge on any atom is -0.391 e. The lowest BCUT2D eigenvalue weighted by Gasteiger charge is -2.28. The number of aromatic nitrogens is 1. The molecule has 0 spiro atoms. The van der Waals surface area contributed by atoms with Gasteiger partial charge in [0.25, 0.3) is 5.91 Å². The van der Waals surface area contributed by atoms with Gasteiger partial charge in [0.1, 0.15) is 4.88 Å². The summed E-state index contributed by atoms with van der Waals surface area (Å²) in [6, 6.07) is -0.135. The first-order valence-electron chi connectivity index (χ1n) is 5.37. The molecule has 16 heavy (non-hydrogen) atoms. The van der Waals surface area contributed by atoms with Crippen molar-refractivity contribution in [3.63, 3.8) is 0 Å². The molecule has 0 radical (unpaired) electrons. The van der Waals surface area contributed by atoms with Crippen molar-refractivity contribution in [2.45, 2.75) is 37.8 Å². The fourth-order valence-corrected chi connectivity index (χ4v) is 2.50. The highest BCUT2D eigenvalue weighted by molar-refractivity contribution is 7.17. The number of thiazole rings is 1. The van der Waals surface area contributed by atoms with E-state index in [9.17, 15) is 9.90 Å². The molecule has 1 amide bonds. The zero-order chi connectivity index (χ0) is 11.5.